The van der Waals surface area contributed by atoms with Crippen molar-refractivity contribution < 1.29 is 31.8 Å². The van der Waals surface area contributed by atoms with Crippen molar-refractivity contribution in [1.29, 1.82) is 5.26 Å². The third-order valence-electron chi connectivity index (χ3n) is 2.74. The molecule has 2 aromatic rings. The number of benzene rings is 1. The fourth-order valence-electron chi connectivity index (χ4n) is 1.76. The molecule has 0 spiro atoms. The van der Waals surface area contributed by atoms with Crippen LogP contribution in [0.25, 0.3) is 6.08 Å². The second-order valence-electron chi connectivity index (χ2n) is 4.42. The van der Waals surface area contributed by atoms with Gasteiger partial charge in [-0.05, 0) is 18.2 Å². The lowest BCUT2D eigenvalue weighted by Crippen LogP contribution is -2.13. The van der Waals surface area contributed by atoms with Crippen LogP contribution in [0, 0.1) is 11.3 Å². The van der Waals surface area contributed by atoms with Crippen molar-refractivity contribution in [3.8, 4) is 17.6 Å². The Labute approximate surface area is 148 Å². The smallest absolute Gasteiger partial charge is 0.387 e. The lowest BCUT2D eigenvalue weighted by molar-refractivity contribution is -0.112. The maximum absolute atomic E-state index is 12.5. The van der Waals surface area contributed by atoms with Crippen molar-refractivity contribution in [2.24, 2.45) is 0 Å². The monoisotopic (exact) mass is 387 g/mol. The van der Waals surface area contributed by atoms with Crippen molar-refractivity contribution in [2.75, 3.05) is 5.32 Å². The minimum Gasteiger partial charge on any atom is -0.435 e. The molecule has 0 bridgehead atoms. The van der Waals surface area contributed by atoms with Gasteiger partial charge < -0.3 is 9.47 Å². The molecular weight excluding hydrogens is 378 g/mol. The van der Waals surface area contributed by atoms with Gasteiger partial charge in [-0.1, -0.05) is 0 Å². The van der Waals surface area contributed by atoms with E-state index in [4.69, 9.17) is 5.26 Å². The molecular formula is C15H9F4N3O3S. The molecule has 136 valence electrons. The maximum Gasteiger partial charge on any atom is 0.387 e. The predicted molar refractivity (Wildman–Crippen MR) is 84.0 cm³/mol. The molecule has 0 saturated carbocycles. The molecule has 0 aliphatic heterocycles. The molecule has 0 fully saturated rings. The molecule has 0 aliphatic carbocycles. The number of halogens is 4. The summed E-state index contributed by atoms with van der Waals surface area (Å²) >= 11 is 1.11. The number of rotatable bonds is 7. The van der Waals surface area contributed by atoms with E-state index < -0.39 is 36.2 Å². The number of thiazole rings is 1. The Morgan fingerprint density at radius 1 is 1.27 bits per heavy atom. The summed E-state index contributed by atoms with van der Waals surface area (Å²) in [5.41, 5.74) is -0.528. The summed E-state index contributed by atoms with van der Waals surface area (Å²) < 4.78 is 57.9. The number of nitrogens with one attached hydrogen (secondary N) is 1. The highest BCUT2D eigenvalue weighted by Crippen LogP contribution is 2.29. The van der Waals surface area contributed by atoms with Gasteiger partial charge in [0.15, 0.2) is 5.13 Å². The van der Waals surface area contributed by atoms with Gasteiger partial charge in [-0.3, -0.25) is 10.1 Å². The minimum atomic E-state index is -3.25. The number of ether oxygens (including phenoxy) is 2. The normalized spacial score (nSPS) is 11.3. The molecule has 6 nitrogen and oxygen atoms in total. The van der Waals surface area contributed by atoms with Gasteiger partial charge in [0.25, 0.3) is 5.91 Å². The molecule has 0 atom stereocenters. The SMILES string of the molecule is N#C/C(=C/c1ccc(OC(F)F)cc1OC(F)F)C(=O)Nc1nccs1. The Morgan fingerprint density at radius 3 is 2.58 bits per heavy atom. The van der Waals surface area contributed by atoms with Crippen LogP contribution in [0.15, 0.2) is 35.3 Å². The van der Waals surface area contributed by atoms with E-state index in [9.17, 15) is 22.4 Å². The number of anilines is 1. The number of hydrogen-bond donors (Lipinski definition) is 1. The van der Waals surface area contributed by atoms with Crippen LogP contribution >= 0.6 is 11.3 Å². The van der Waals surface area contributed by atoms with E-state index in [2.05, 4.69) is 19.8 Å². The first kappa shape index (κ1) is 19.2. The van der Waals surface area contributed by atoms with Crippen LogP contribution in [-0.4, -0.2) is 24.1 Å². The summed E-state index contributed by atoms with van der Waals surface area (Å²) in [6, 6.07) is 4.59. The summed E-state index contributed by atoms with van der Waals surface area (Å²) in [5.74, 6) is -1.77. The third-order valence-corrected chi connectivity index (χ3v) is 3.43. The van der Waals surface area contributed by atoms with Gasteiger partial charge >= 0.3 is 13.2 Å². The van der Waals surface area contributed by atoms with Crippen LogP contribution in [0.2, 0.25) is 0 Å². The highest BCUT2D eigenvalue weighted by molar-refractivity contribution is 7.13. The summed E-state index contributed by atoms with van der Waals surface area (Å²) in [6.45, 7) is -6.41. The number of carbonyl (C=O) groups excluding carboxylic acids is 1. The van der Waals surface area contributed by atoms with Gasteiger partial charge in [-0.15, -0.1) is 11.3 Å². The topological polar surface area (TPSA) is 84.2 Å². The molecule has 1 amide bonds. The van der Waals surface area contributed by atoms with E-state index in [0.29, 0.717) is 0 Å². The lowest BCUT2D eigenvalue weighted by Gasteiger charge is -2.11. The van der Waals surface area contributed by atoms with Gasteiger partial charge in [-0.25, -0.2) is 4.98 Å². The Hall–Kier alpha value is -3.13. The molecule has 11 heteroatoms. The van der Waals surface area contributed by atoms with E-state index in [1.54, 1.807) is 11.4 Å². The Balaban J connectivity index is 2.32. The summed E-state index contributed by atoms with van der Waals surface area (Å²) in [6.07, 6.45) is 2.42. The lowest BCUT2D eigenvalue weighted by atomic mass is 10.1. The Morgan fingerprint density at radius 2 is 2.00 bits per heavy atom. The first-order valence-electron chi connectivity index (χ1n) is 6.75. The number of alkyl halides is 4. The average Bonchev–Trinajstić information content (AvgIpc) is 3.06. The Bertz CT molecular complexity index is 835. The fourth-order valence-corrected chi connectivity index (χ4v) is 2.29. The van der Waals surface area contributed by atoms with Gasteiger partial charge in [0, 0.05) is 23.2 Å². The molecule has 26 heavy (non-hydrogen) atoms. The highest BCUT2D eigenvalue weighted by Gasteiger charge is 2.16. The van der Waals surface area contributed by atoms with E-state index in [1.807, 2.05) is 0 Å². The van der Waals surface area contributed by atoms with Crippen molar-refractivity contribution in [3.63, 3.8) is 0 Å². The molecule has 2 rings (SSSR count). The first-order valence-corrected chi connectivity index (χ1v) is 7.63. The van der Waals surface area contributed by atoms with E-state index in [-0.39, 0.29) is 10.7 Å². The highest BCUT2D eigenvalue weighted by atomic mass is 32.1. The van der Waals surface area contributed by atoms with Crippen molar-refractivity contribution in [3.05, 3.63) is 40.9 Å². The molecule has 1 N–H and O–H groups in total. The standard InChI is InChI=1S/C15H9F4N3O3S/c16-13(17)24-10-2-1-8(11(6-10)25-14(18)19)5-9(7-20)12(23)22-15-21-3-4-26-15/h1-6,13-14H,(H,21,22,23)/b9-5-. The third kappa shape index (κ3) is 5.45. The number of hydrogen-bond acceptors (Lipinski definition) is 6. The van der Waals surface area contributed by atoms with Crippen LogP contribution in [0.4, 0.5) is 22.7 Å². The second-order valence-corrected chi connectivity index (χ2v) is 5.31. The van der Waals surface area contributed by atoms with Crippen LogP contribution < -0.4 is 14.8 Å². The molecule has 0 saturated heterocycles. The molecule has 0 aliphatic rings. The zero-order valence-electron chi connectivity index (χ0n) is 12.7. The van der Waals surface area contributed by atoms with Crippen molar-refractivity contribution in [2.45, 2.75) is 13.2 Å². The van der Waals surface area contributed by atoms with Crippen LogP contribution in [-0.2, 0) is 4.79 Å². The zero-order chi connectivity index (χ0) is 19.1. The van der Waals surface area contributed by atoms with E-state index in [1.165, 1.54) is 6.20 Å². The fraction of sp³-hybridized carbons (Fsp3) is 0.133. The van der Waals surface area contributed by atoms with Crippen LogP contribution in [0.3, 0.4) is 0 Å². The van der Waals surface area contributed by atoms with Crippen molar-refractivity contribution >= 4 is 28.5 Å². The molecule has 0 radical (unpaired) electrons. The largest absolute Gasteiger partial charge is 0.435 e. The number of nitrogens with zero attached hydrogens (tertiary/aromatic N) is 2. The molecule has 1 aromatic carbocycles. The number of amides is 1. The average molecular weight is 387 g/mol. The summed E-state index contributed by atoms with van der Waals surface area (Å²) in [5, 5.41) is 13.3. The zero-order valence-corrected chi connectivity index (χ0v) is 13.5. The van der Waals surface area contributed by atoms with E-state index >= 15 is 0 Å². The summed E-state index contributed by atoms with van der Waals surface area (Å²) in [7, 11) is 0. The van der Waals surface area contributed by atoms with Crippen LogP contribution in [0.5, 0.6) is 11.5 Å². The van der Waals surface area contributed by atoms with Crippen molar-refractivity contribution in [1.82, 2.24) is 4.98 Å². The summed E-state index contributed by atoms with van der Waals surface area (Å²) in [4.78, 5) is 15.9. The first-order chi connectivity index (χ1) is 12.4. The predicted octanol–water partition coefficient (Wildman–Crippen LogP) is 3.89. The quantitative estimate of drug-likeness (QED) is 0.443. The number of carbonyl (C=O) groups is 1. The number of aromatic nitrogens is 1. The Kier molecular flexibility index (Phi) is 6.51. The molecule has 1 heterocycles. The van der Waals surface area contributed by atoms with Gasteiger partial charge in [0.2, 0.25) is 0 Å². The van der Waals surface area contributed by atoms with E-state index in [0.717, 1.165) is 35.6 Å². The van der Waals surface area contributed by atoms with Gasteiger partial charge in [0.1, 0.15) is 23.1 Å². The maximum atomic E-state index is 12.5. The molecule has 1 aromatic heterocycles. The number of nitriles is 1. The minimum absolute atomic E-state index is 0.0993. The van der Waals surface area contributed by atoms with Gasteiger partial charge in [0.05, 0.1) is 0 Å². The van der Waals surface area contributed by atoms with Gasteiger partial charge in [-0.2, -0.15) is 22.8 Å². The van der Waals surface area contributed by atoms with Crippen LogP contribution in [0.1, 0.15) is 5.56 Å². The molecule has 0 unspecified atom stereocenters. The second kappa shape index (κ2) is 8.82.